The van der Waals surface area contributed by atoms with E-state index >= 15 is 0 Å². The molecule has 144 valence electrons. The average molecular weight is 381 g/mol. The van der Waals surface area contributed by atoms with Crippen LogP contribution in [-0.2, 0) is 14.8 Å². The van der Waals surface area contributed by atoms with Crippen LogP contribution in [0.25, 0.3) is 6.08 Å². The number of methoxy groups -OCH3 is 1. The van der Waals surface area contributed by atoms with Gasteiger partial charge in [0, 0.05) is 25.2 Å². The second kappa shape index (κ2) is 8.68. The summed E-state index contributed by atoms with van der Waals surface area (Å²) in [5, 5.41) is 0. The monoisotopic (exact) mass is 380 g/mol. The molecule has 0 atom stereocenters. The van der Waals surface area contributed by atoms with Crippen LogP contribution in [0.3, 0.4) is 0 Å². The molecule has 7 heteroatoms. The lowest BCUT2D eigenvalue weighted by Gasteiger charge is -2.29. The molecule has 1 aromatic carbocycles. The van der Waals surface area contributed by atoms with Gasteiger partial charge < -0.3 is 9.64 Å². The highest BCUT2D eigenvalue weighted by Crippen LogP contribution is 2.26. The molecule has 0 aromatic heterocycles. The first kappa shape index (κ1) is 20.5. The first-order valence-corrected chi connectivity index (χ1v) is 10.4. The highest BCUT2D eigenvalue weighted by Gasteiger charge is 2.21. The molecule has 0 bridgehead atoms. The van der Waals surface area contributed by atoms with Gasteiger partial charge in [0.15, 0.2) is 0 Å². The molecule has 6 nitrogen and oxygen atoms in total. The van der Waals surface area contributed by atoms with Gasteiger partial charge in [-0.25, -0.2) is 13.1 Å². The minimum Gasteiger partial charge on any atom is -0.495 e. The summed E-state index contributed by atoms with van der Waals surface area (Å²) in [6.07, 6.45) is 5.19. The van der Waals surface area contributed by atoms with Crippen LogP contribution < -0.4 is 9.46 Å². The van der Waals surface area contributed by atoms with Crippen molar-refractivity contribution in [1.82, 2.24) is 9.62 Å². The number of nitrogens with one attached hydrogen (secondary N) is 1. The Balaban J connectivity index is 2.20. The largest absolute Gasteiger partial charge is 0.495 e. The predicted molar refractivity (Wildman–Crippen MR) is 102 cm³/mol. The fourth-order valence-corrected chi connectivity index (χ4v) is 4.34. The third-order valence-electron chi connectivity index (χ3n) is 4.38. The number of hydrogen-bond donors (Lipinski definition) is 1. The number of carbonyl (C=O) groups is 1. The number of nitrogens with zero attached hydrogens (tertiary/aromatic N) is 1. The van der Waals surface area contributed by atoms with E-state index in [-0.39, 0.29) is 22.6 Å². The molecule has 1 N–H and O–H groups in total. The van der Waals surface area contributed by atoms with Crippen molar-refractivity contribution in [2.75, 3.05) is 20.2 Å². The van der Waals surface area contributed by atoms with Gasteiger partial charge >= 0.3 is 0 Å². The van der Waals surface area contributed by atoms with Gasteiger partial charge in [0.1, 0.15) is 10.6 Å². The van der Waals surface area contributed by atoms with Crippen LogP contribution in [0.1, 0.15) is 39.2 Å². The van der Waals surface area contributed by atoms with Crippen molar-refractivity contribution in [2.24, 2.45) is 5.92 Å². The minimum absolute atomic E-state index is 0.0440. The first-order chi connectivity index (χ1) is 12.2. The van der Waals surface area contributed by atoms with Crippen molar-refractivity contribution in [2.45, 2.75) is 44.6 Å². The number of ether oxygens (including phenoxy) is 1. The number of piperidine rings is 1. The Labute approximate surface area is 156 Å². The van der Waals surface area contributed by atoms with Crippen molar-refractivity contribution >= 4 is 22.0 Å². The summed E-state index contributed by atoms with van der Waals surface area (Å²) in [7, 11) is -2.26. The van der Waals surface area contributed by atoms with E-state index in [2.05, 4.69) is 11.6 Å². The Hall–Kier alpha value is -1.86. The van der Waals surface area contributed by atoms with Gasteiger partial charge in [-0.05, 0) is 56.4 Å². The lowest BCUT2D eigenvalue weighted by molar-refractivity contribution is -0.127. The summed E-state index contributed by atoms with van der Waals surface area (Å²) in [6.45, 7) is 7.25. The van der Waals surface area contributed by atoms with Crippen LogP contribution in [0.15, 0.2) is 29.2 Å². The lowest BCUT2D eigenvalue weighted by atomic mass is 9.99. The Bertz CT molecular complexity index is 764. The average Bonchev–Trinajstić information content (AvgIpc) is 2.59. The second-order valence-electron chi connectivity index (χ2n) is 7.03. The molecule has 1 heterocycles. The quantitative estimate of drug-likeness (QED) is 0.770. The molecular formula is C19H28N2O4S. The fourth-order valence-electron chi connectivity index (χ4n) is 2.88. The molecule has 1 aliphatic heterocycles. The molecule has 1 fully saturated rings. The number of sulfonamides is 1. The van der Waals surface area contributed by atoms with Gasteiger partial charge in [-0.15, -0.1) is 0 Å². The molecule has 1 amide bonds. The Morgan fingerprint density at radius 1 is 1.31 bits per heavy atom. The van der Waals surface area contributed by atoms with Gasteiger partial charge in [0.25, 0.3) is 0 Å². The normalized spacial score (nSPS) is 16.4. The molecule has 2 rings (SSSR count). The molecule has 0 aliphatic carbocycles. The van der Waals surface area contributed by atoms with Gasteiger partial charge in [-0.2, -0.15) is 0 Å². The zero-order chi connectivity index (χ0) is 19.3. The number of hydrogen-bond acceptors (Lipinski definition) is 4. The van der Waals surface area contributed by atoms with Crippen molar-refractivity contribution in [3.63, 3.8) is 0 Å². The topological polar surface area (TPSA) is 75.7 Å². The van der Waals surface area contributed by atoms with Crippen LogP contribution in [0.4, 0.5) is 0 Å². The Kier molecular flexibility index (Phi) is 6.83. The summed E-state index contributed by atoms with van der Waals surface area (Å²) >= 11 is 0. The minimum atomic E-state index is -3.69. The van der Waals surface area contributed by atoms with E-state index in [1.807, 2.05) is 4.90 Å². The van der Waals surface area contributed by atoms with E-state index in [1.165, 1.54) is 19.3 Å². The van der Waals surface area contributed by atoms with E-state index in [9.17, 15) is 13.2 Å². The van der Waals surface area contributed by atoms with Crippen LogP contribution in [0, 0.1) is 5.92 Å². The molecular weight excluding hydrogens is 352 g/mol. The summed E-state index contributed by atoms with van der Waals surface area (Å²) in [5.74, 6) is 0.884. The Morgan fingerprint density at radius 3 is 2.54 bits per heavy atom. The van der Waals surface area contributed by atoms with Gasteiger partial charge in [-0.3, -0.25) is 4.79 Å². The first-order valence-electron chi connectivity index (χ1n) is 8.90. The SMILES string of the molecule is COc1ccc(/C=C/C(=O)N2CCC(C)CC2)cc1S(=O)(=O)NC(C)C. The summed E-state index contributed by atoms with van der Waals surface area (Å²) in [6, 6.07) is 4.62. The maximum atomic E-state index is 12.5. The molecule has 0 spiro atoms. The van der Waals surface area contributed by atoms with Crippen molar-refractivity contribution in [1.29, 1.82) is 0 Å². The molecule has 1 aromatic rings. The maximum Gasteiger partial charge on any atom is 0.246 e. The molecule has 0 radical (unpaired) electrons. The van der Waals surface area contributed by atoms with Crippen molar-refractivity contribution < 1.29 is 17.9 Å². The van der Waals surface area contributed by atoms with E-state index in [0.717, 1.165) is 25.9 Å². The van der Waals surface area contributed by atoms with Gasteiger partial charge in [0.2, 0.25) is 15.9 Å². The van der Waals surface area contributed by atoms with Gasteiger partial charge in [0.05, 0.1) is 7.11 Å². The summed E-state index contributed by atoms with van der Waals surface area (Å²) in [5.41, 5.74) is 0.633. The third kappa shape index (κ3) is 5.32. The number of rotatable bonds is 6. The summed E-state index contributed by atoms with van der Waals surface area (Å²) < 4.78 is 32.7. The lowest BCUT2D eigenvalue weighted by Crippen LogP contribution is -2.36. The van der Waals surface area contributed by atoms with Crippen LogP contribution in [0.2, 0.25) is 0 Å². The standard InChI is InChI=1S/C19H28N2O4S/c1-14(2)20-26(23,24)18-13-16(5-7-17(18)25-4)6-8-19(22)21-11-9-15(3)10-12-21/h5-8,13-15,20H,9-12H2,1-4H3/b8-6+. The molecule has 0 unspecified atom stereocenters. The van der Waals surface area contributed by atoms with Crippen LogP contribution >= 0.6 is 0 Å². The fraction of sp³-hybridized carbons (Fsp3) is 0.526. The predicted octanol–water partition coefficient (Wildman–Crippen LogP) is 2.65. The molecule has 1 aliphatic rings. The maximum absolute atomic E-state index is 12.5. The van der Waals surface area contributed by atoms with Crippen LogP contribution in [0.5, 0.6) is 5.75 Å². The zero-order valence-electron chi connectivity index (χ0n) is 15.9. The number of likely N-dealkylation sites (tertiary alicyclic amines) is 1. The van der Waals surface area contributed by atoms with E-state index in [0.29, 0.717) is 11.5 Å². The second-order valence-corrected chi connectivity index (χ2v) is 8.71. The summed E-state index contributed by atoms with van der Waals surface area (Å²) in [4.78, 5) is 14.2. The zero-order valence-corrected chi connectivity index (χ0v) is 16.7. The van der Waals surface area contributed by atoms with Gasteiger partial charge in [-0.1, -0.05) is 13.0 Å². The van der Waals surface area contributed by atoms with Crippen molar-refractivity contribution in [3.8, 4) is 5.75 Å². The van der Waals surface area contributed by atoms with E-state index in [4.69, 9.17) is 4.74 Å². The smallest absolute Gasteiger partial charge is 0.246 e. The third-order valence-corrected chi connectivity index (χ3v) is 6.06. The number of amides is 1. The molecule has 26 heavy (non-hydrogen) atoms. The van der Waals surface area contributed by atoms with Crippen LogP contribution in [-0.4, -0.2) is 45.5 Å². The highest BCUT2D eigenvalue weighted by atomic mass is 32.2. The van der Waals surface area contributed by atoms with E-state index < -0.39 is 10.0 Å². The number of benzene rings is 1. The van der Waals surface area contributed by atoms with E-state index in [1.54, 1.807) is 32.1 Å². The highest BCUT2D eigenvalue weighted by molar-refractivity contribution is 7.89. The molecule has 1 saturated heterocycles. The number of carbonyl (C=O) groups excluding carboxylic acids is 1. The Morgan fingerprint density at radius 2 is 1.96 bits per heavy atom. The van der Waals surface area contributed by atoms with Crippen molar-refractivity contribution in [3.05, 3.63) is 29.8 Å². The molecule has 0 saturated carbocycles.